The van der Waals surface area contributed by atoms with Crippen molar-refractivity contribution in [3.05, 3.63) is 89.6 Å². The average molecular weight is 498 g/mol. The van der Waals surface area contributed by atoms with Gasteiger partial charge in [-0.1, -0.05) is 36.4 Å². The third kappa shape index (κ3) is 6.59. The summed E-state index contributed by atoms with van der Waals surface area (Å²) in [5.74, 6) is 1.51. The van der Waals surface area contributed by atoms with Crippen molar-refractivity contribution in [2.45, 2.75) is 45.1 Å². The van der Waals surface area contributed by atoms with Crippen LogP contribution in [0.25, 0.3) is 11.1 Å². The van der Waals surface area contributed by atoms with Crippen LogP contribution in [-0.2, 0) is 11.2 Å². The largest absolute Gasteiger partial charge is 0.493 e. The topological polar surface area (TPSA) is 102 Å². The summed E-state index contributed by atoms with van der Waals surface area (Å²) in [5, 5.41) is 9.72. The van der Waals surface area contributed by atoms with Crippen LogP contribution in [0.2, 0.25) is 0 Å². The van der Waals surface area contributed by atoms with E-state index in [0.717, 1.165) is 41.0 Å². The summed E-state index contributed by atoms with van der Waals surface area (Å²) < 4.78 is 11.8. The van der Waals surface area contributed by atoms with Crippen molar-refractivity contribution in [1.29, 1.82) is 0 Å². The van der Waals surface area contributed by atoms with Gasteiger partial charge in [0.05, 0.1) is 19.3 Å². The third-order valence-corrected chi connectivity index (χ3v) is 6.43. The maximum atomic E-state index is 12.8. The van der Waals surface area contributed by atoms with Crippen LogP contribution in [-0.4, -0.2) is 45.4 Å². The highest BCUT2D eigenvalue weighted by Gasteiger charge is 2.17. The SMILES string of the molecule is Cc1ccc(OCCCOC2CCC2)cc1-c1ccnc(NC(=O)c2n[nH]c(Cc3ccccc3)n2)c1. The normalized spacial score (nSPS) is 13.2. The Morgan fingerprint density at radius 2 is 1.95 bits per heavy atom. The van der Waals surface area contributed by atoms with E-state index >= 15 is 0 Å². The lowest BCUT2D eigenvalue weighted by Gasteiger charge is -2.25. The van der Waals surface area contributed by atoms with Gasteiger partial charge in [0.1, 0.15) is 17.4 Å². The Hall–Kier alpha value is -4.04. The summed E-state index contributed by atoms with van der Waals surface area (Å²) in [7, 11) is 0. The van der Waals surface area contributed by atoms with Crippen LogP contribution in [0.15, 0.2) is 66.9 Å². The number of carbonyl (C=O) groups excluding carboxylic acids is 1. The summed E-state index contributed by atoms with van der Waals surface area (Å²) in [6.07, 6.45) is 7.21. The predicted molar refractivity (Wildman–Crippen MR) is 142 cm³/mol. The molecule has 5 rings (SSSR count). The molecule has 0 bridgehead atoms. The second-order valence-electron chi connectivity index (χ2n) is 9.25. The number of hydrogen-bond donors (Lipinski definition) is 2. The quantitative estimate of drug-likeness (QED) is 0.271. The Labute approximate surface area is 216 Å². The van der Waals surface area contributed by atoms with Crippen molar-refractivity contribution >= 4 is 11.7 Å². The minimum absolute atomic E-state index is 0.0750. The van der Waals surface area contributed by atoms with Crippen LogP contribution in [0.3, 0.4) is 0 Å². The first-order valence-corrected chi connectivity index (χ1v) is 12.7. The Balaban J connectivity index is 1.20. The van der Waals surface area contributed by atoms with Gasteiger partial charge in [0.2, 0.25) is 5.82 Å². The van der Waals surface area contributed by atoms with E-state index in [1.54, 1.807) is 6.20 Å². The fourth-order valence-corrected chi connectivity index (χ4v) is 4.14. The van der Waals surface area contributed by atoms with Gasteiger partial charge in [-0.25, -0.2) is 9.97 Å². The van der Waals surface area contributed by atoms with Crippen molar-refractivity contribution < 1.29 is 14.3 Å². The minimum atomic E-state index is -0.418. The molecule has 0 radical (unpaired) electrons. The van der Waals surface area contributed by atoms with Gasteiger partial charge in [-0.15, -0.1) is 5.10 Å². The van der Waals surface area contributed by atoms with E-state index in [9.17, 15) is 4.79 Å². The molecule has 2 N–H and O–H groups in total. The molecule has 1 fully saturated rings. The number of carbonyl (C=O) groups is 1. The highest BCUT2D eigenvalue weighted by Crippen LogP contribution is 2.29. The van der Waals surface area contributed by atoms with E-state index in [4.69, 9.17) is 9.47 Å². The fraction of sp³-hybridized carbons (Fsp3) is 0.310. The molecule has 8 nitrogen and oxygen atoms in total. The molecule has 0 unspecified atom stereocenters. The minimum Gasteiger partial charge on any atom is -0.493 e. The van der Waals surface area contributed by atoms with Crippen LogP contribution in [0.5, 0.6) is 5.75 Å². The molecule has 1 aliphatic rings. The number of nitrogens with zero attached hydrogens (tertiary/aromatic N) is 3. The Kier molecular flexibility index (Phi) is 7.86. The summed E-state index contributed by atoms with van der Waals surface area (Å²) in [6.45, 7) is 3.39. The van der Waals surface area contributed by atoms with Crippen LogP contribution in [0.4, 0.5) is 5.82 Å². The molecule has 0 aliphatic heterocycles. The Morgan fingerprint density at radius 3 is 2.76 bits per heavy atom. The predicted octanol–water partition coefficient (Wildman–Crippen LogP) is 5.36. The maximum absolute atomic E-state index is 12.8. The summed E-state index contributed by atoms with van der Waals surface area (Å²) in [6, 6.07) is 19.7. The maximum Gasteiger partial charge on any atom is 0.296 e. The second kappa shape index (κ2) is 11.8. The van der Waals surface area contributed by atoms with E-state index in [2.05, 4.69) is 25.5 Å². The smallest absolute Gasteiger partial charge is 0.296 e. The molecular weight excluding hydrogens is 466 g/mol. The number of aromatic amines is 1. The molecule has 2 heterocycles. The zero-order valence-electron chi connectivity index (χ0n) is 20.9. The monoisotopic (exact) mass is 497 g/mol. The lowest BCUT2D eigenvalue weighted by molar-refractivity contribution is -0.00223. The number of hydrogen-bond acceptors (Lipinski definition) is 6. The van der Waals surface area contributed by atoms with Crippen molar-refractivity contribution in [3.63, 3.8) is 0 Å². The number of benzene rings is 2. The Morgan fingerprint density at radius 1 is 1.08 bits per heavy atom. The highest BCUT2D eigenvalue weighted by molar-refractivity contribution is 6.01. The third-order valence-electron chi connectivity index (χ3n) is 6.43. The molecule has 8 heteroatoms. The molecule has 4 aromatic rings. The van der Waals surface area contributed by atoms with Gasteiger partial charge in [0.25, 0.3) is 5.91 Å². The average Bonchev–Trinajstić information content (AvgIpc) is 3.35. The molecule has 1 aliphatic carbocycles. The molecular formula is C29H31N5O3. The molecule has 2 aromatic carbocycles. The number of pyridine rings is 1. The summed E-state index contributed by atoms with van der Waals surface area (Å²) in [4.78, 5) is 21.4. The molecule has 0 saturated heterocycles. The van der Waals surface area contributed by atoms with Crippen molar-refractivity contribution in [3.8, 4) is 16.9 Å². The number of nitrogens with one attached hydrogen (secondary N) is 2. The number of rotatable bonds is 11. The number of aromatic nitrogens is 4. The fourth-order valence-electron chi connectivity index (χ4n) is 4.14. The first-order valence-electron chi connectivity index (χ1n) is 12.7. The van der Waals surface area contributed by atoms with Gasteiger partial charge in [0, 0.05) is 19.0 Å². The summed E-state index contributed by atoms with van der Waals surface area (Å²) >= 11 is 0. The van der Waals surface area contributed by atoms with Gasteiger partial charge in [-0.05, 0) is 72.7 Å². The molecule has 1 saturated carbocycles. The molecule has 190 valence electrons. The lowest BCUT2D eigenvalue weighted by Crippen LogP contribution is -2.22. The van der Waals surface area contributed by atoms with Crippen molar-refractivity contribution in [2.75, 3.05) is 18.5 Å². The van der Waals surface area contributed by atoms with Gasteiger partial charge in [0.15, 0.2) is 0 Å². The zero-order valence-corrected chi connectivity index (χ0v) is 20.9. The van der Waals surface area contributed by atoms with E-state index < -0.39 is 5.91 Å². The van der Waals surface area contributed by atoms with E-state index in [-0.39, 0.29) is 5.82 Å². The van der Waals surface area contributed by atoms with E-state index in [1.165, 1.54) is 19.3 Å². The molecule has 1 amide bonds. The highest BCUT2D eigenvalue weighted by atomic mass is 16.5. The van der Waals surface area contributed by atoms with Gasteiger partial charge < -0.3 is 14.8 Å². The Bertz CT molecular complexity index is 1330. The van der Waals surface area contributed by atoms with Crippen molar-refractivity contribution in [1.82, 2.24) is 20.2 Å². The number of anilines is 1. The standard InChI is InChI=1S/C29H31N5O3/c1-20-11-12-24(37-16-6-15-36-23-9-5-10-23)19-25(20)22-13-14-30-26(18-22)32-29(35)28-31-27(33-34-28)17-21-7-3-2-4-8-21/h2-4,7-8,11-14,18-19,23H,5-6,9-10,15-17H2,1H3,(H,30,32,35)(H,31,33,34). The zero-order chi connectivity index (χ0) is 25.5. The molecule has 0 atom stereocenters. The second-order valence-corrected chi connectivity index (χ2v) is 9.25. The van der Waals surface area contributed by atoms with Crippen LogP contribution in [0, 0.1) is 6.92 Å². The molecule has 37 heavy (non-hydrogen) atoms. The van der Waals surface area contributed by atoms with Crippen LogP contribution < -0.4 is 10.1 Å². The molecule has 2 aromatic heterocycles. The van der Waals surface area contributed by atoms with Gasteiger partial charge in [-0.3, -0.25) is 9.89 Å². The number of H-pyrrole nitrogens is 1. The van der Waals surface area contributed by atoms with Gasteiger partial charge in [-0.2, -0.15) is 0 Å². The van der Waals surface area contributed by atoms with E-state index in [0.29, 0.717) is 30.8 Å². The number of aryl methyl sites for hydroxylation is 1. The van der Waals surface area contributed by atoms with Crippen LogP contribution in [0.1, 0.15) is 53.3 Å². The first-order chi connectivity index (χ1) is 18.1. The van der Waals surface area contributed by atoms with Crippen LogP contribution >= 0.6 is 0 Å². The lowest BCUT2D eigenvalue weighted by atomic mass is 9.96. The molecule has 0 spiro atoms. The first kappa shape index (κ1) is 24.6. The van der Waals surface area contributed by atoms with Crippen molar-refractivity contribution in [2.24, 2.45) is 0 Å². The summed E-state index contributed by atoms with van der Waals surface area (Å²) in [5.41, 5.74) is 4.14. The van der Waals surface area contributed by atoms with E-state index in [1.807, 2.05) is 67.6 Å². The number of amides is 1. The van der Waals surface area contributed by atoms with Gasteiger partial charge >= 0.3 is 0 Å². The number of ether oxygens (including phenoxy) is 2.